The van der Waals surface area contributed by atoms with Crippen LogP contribution in [0.2, 0.25) is 0 Å². The zero-order valence-electron chi connectivity index (χ0n) is 14.9. The summed E-state index contributed by atoms with van der Waals surface area (Å²) in [7, 11) is 0. The summed E-state index contributed by atoms with van der Waals surface area (Å²) in [5.74, 6) is 0.982. The second-order valence-electron chi connectivity index (χ2n) is 6.76. The highest BCUT2D eigenvalue weighted by molar-refractivity contribution is 5.68. The van der Waals surface area contributed by atoms with Crippen molar-refractivity contribution in [2.45, 2.75) is 65.1 Å². The first kappa shape index (κ1) is 18.0. The van der Waals surface area contributed by atoms with E-state index in [1.807, 2.05) is 33.9 Å². The van der Waals surface area contributed by atoms with E-state index >= 15 is 0 Å². The number of ether oxygens (including phenoxy) is 1. The summed E-state index contributed by atoms with van der Waals surface area (Å²) in [4.78, 5) is 23.6. The quantitative estimate of drug-likeness (QED) is 0.815. The number of aromatic nitrogens is 4. The minimum atomic E-state index is -0.508. The minimum Gasteiger partial charge on any atom is -0.444 e. The highest BCUT2D eigenvalue weighted by Crippen LogP contribution is 2.18. The molecule has 7 nitrogen and oxygen atoms in total. The molecule has 0 aliphatic rings. The van der Waals surface area contributed by atoms with E-state index in [1.165, 1.54) is 0 Å². The van der Waals surface area contributed by atoms with Crippen molar-refractivity contribution >= 4 is 6.09 Å². The van der Waals surface area contributed by atoms with E-state index in [0.717, 1.165) is 37.3 Å². The summed E-state index contributed by atoms with van der Waals surface area (Å²) in [6.45, 7) is 8.41. The molecule has 1 atom stereocenters. The van der Waals surface area contributed by atoms with Crippen molar-refractivity contribution in [1.82, 2.24) is 24.8 Å². The van der Waals surface area contributed by atoms with Gasteiger partial charge in [0.15, 0.2) is 0 Å². The molecule has 2 heterocycles. The zero-order valence-corrected chi connectivity index (χ0v) is 14.9. The molecule has 7 heteroatoms. The van der Waals surface area contributed by atoms with Crippen molar-refractivity contribution in [2.75, 3.05) is 0 Å². The van der Waals surface area contributed by atoms with E-state index in [-0.39, 0.29) is 6.04 Å². The van der Waals surface area contributed by atoms with Crippen LogP contribution < -0.4 is 5.32 Å². The largest absolute Gasteiger partial charge is 0.444 e. The maximum atomic E-state index is 12.0. The molecule has 0 fully saturated rings. The van der Waals surface area contributed by atoms with Crippen LogP contribution in [-0.4, -0.2) is 31.2 Å². The monoisotopic (exact) mass is 333 g/mol. The Kier molecular flexibility index (Phi) is 6.00. The van der Waals surface area contributed by atoms with Gasteiger partial charge in [-0.2, -0.15) is 0 Å². The standard InChI is InChI=1S/C17H27N5O2/c1-5-13(21-16(23)24-17(2,3)4)14-11-18-12-22(14)10-6-7-15-19-8-9-20-15/h8-9,11-13H,5-7,10H2,1-4H3,(H,19,20)(H,21,23)/t13-/m1/s1. The third-order valence-corrected chi connectivity index (χ3v) is 3.57. The molecular weight excluding hydrogens is 306 g/mol. The van der Waals surface area contributed by atoms with E-state index in [2.05, 4.69) is 24.8 Å². The second kappa shape index (κ2) is 7.99. The van der Waals surface area contributed by atoms with Crippen molar-refractivity contribution in [3.63, 3.8) is 0 Å². The maximum absolute atomic E-state index is 12.0. The van der Waals surface area contributed by atoms with E-state index < -0.39 is 11.7 Å². The molecular formula is C17H27N5O2. The van der Waals surface area contributed by atoms with Gasteiger partial charge in [-0.15, -0.1) is 0 Å². The number of hydrogen-bond donors (Lipinski definition) is 2. The third-order valence-electron chi connectivity index (χ3n) is 3.57. The Balaban J connectivity index is 1.94. The van der Waals surface area contributed by atoms with Crippen LogP contribution in [0.25, 0.3) is 0 Å². The molecule has 0 saturated heterocycles. The average molecular weight is 333 g/mol. The molecule has 1 amide bonds. The number of aryl methyl sites for hydroxylation is 2. The first-order valence-corrected chi connectivity index (χ1v) is 8.37. The fourth-order valence-corrected chi connectivity index (χ4v) is 2.49. The first-order chi connectivity index (χ1) is 11.4. The van der Waals surface area contributed by atoms with Crippen molar-refractivity contribution in [1.29, 1.82) is 0 Å². The number of aromatic amines is 1. The Bertz CT molecular complexity index is 628. The zero-order chi connectivity index (χ0) is 17.6. The number of amides is 1. The predicted octanol–water partition coefficient (Wildman–Crippen LogP) is 3.21. The van der Waals surface area contributed by atoms with Gasteiger partial charge in [0.2, 0.25) is 0 Å². The maximum Gasteiger partial charge on any atom is 0.408 e. The van der Waals surface area contributed by atoms with E-state index in [9.17, 15) is 4.79 Å². The second-order valence-corrected chi connectivity index (χ2v) is 6.76. The molecule has 0 aliphatic heterocycles. The van der Waals surface area contributed by atoms with E-state index in [0.29, 0.717) is 0 Å². The number of hydrogen-bond acceptors (Lipinski definition) is 4. The molecule has 24 heavy (non-hydrogen) atoms. The molecule has 2 aromatic rings. The highest BCUT2D eigenvalue weighted by atomic mass is 16.6. The number of nitrogens with one attached hydrogen (secondary N) is 2. The van der Waals surface area contributed by atoms with Crippen LogP contribution in [0.15, 0.2) is 24.9 Å². The van der Waals surface area contributed by atoms with Crippen molar-refractivity contribution < 1.29 is 9.53 Å². The Labute approximate surface area is 142 Å². The molecule has 132 valence electrons. The molecule has 0 unspecified atom stereocenters. The number of imidazole rings is 2. The van der Waals surface area contributed by atoms with Gasteiger partial charge in [0.1, 0.15) is 11.4 Å². The summed E-state index contributed by atoms with van der Waals surface area (Å²) in [5.41, 5.74) is 0.480. The Morgan fingerprint density at radius 3 is 2.88 bits per heavy atom. The normalized spacial score (nSPS) is 12.8. The number of alkyl carbamates (subject to hydrolysis) is 1. The Morgan fingerprint density at radius 2 is 2.25 bits per heavy atom. The van der Waals surface area contributed by atoms with Gasteiger partial charge in [0.05, 0.1) is 24.3 Å². The van der Waals surface area contributed by atoms with Crippen LogP contribution in [0.1, 0.15) is 58.1 Å². The van der Waals surface area contributed by atoms with Crippen LogP contribution in [0.5, 0.6) is 0 Å². The lowest BCUT2D eigenvalue weighted by Gasteiger charge is -2.23. The molecule has 0 saturated carbocycles. The molecule has 2 aromatic heterocycles. The van der Waals surface area contributed by atoms with Gasteiger partial charge >= 0.3 is 6.09 Å². The van der Waals surface area contributed by atoms with Crippen LogP contribution >= 0.6 is 0 Å². The summed E-state index contributed by atoms with van der Waals surface area (Å²) >= 11 is 0. The number of carbonyl (C=O) groups is 1. The van der Waals surface area contributed by atoms with Crippen LogP contribution in [0.4, 0.5) is 4.79 Å². The number of nitrogens with zero attached hydrogens (tertiary/aromatic N) is 3. The molecule has 0 aliphatic carbocycles. The lowest BCUT2D eigenvalue weighted by Crippen LogP contribution is -2.35. The lowest BCUT2D eigenvalue weighted by atomic mass is 10.1. The minimum absolute atomic E-state index is 0.119. The van der Waals surface area contributed by atoms with Crippen LogP contribution in [-0.2, 0) is 17.7 Å². The Morgan fingerprint density at radius 1 is 1.46 bits per heavy atom. The van der Waals surface area contributed by atoms with Crippen LogP contribution in [0.3, 0.4) is 0 Å². The molecule has 0 spiro atoms. The molecule has 0 bridgehead atoms. The van der Waals surface area contributed by atoms with Crippen molar-refractivity contribution in [2.24, 2.45) is 0 Å². The average Bonchev–Trinajstić information content (AvgIpc) is 3.14. The summed E-state index contributed by atoms with van der Waals surface area (Å²) in [6.07, 6.45) is 9.38. The van der Waals surface area contributed by atoms with Crippen molar-refractivity contribution in [3.8, 4) is 0 Å². The van der Waals surface area contributed by atoms with Gasteiger partial charge in [-0.1, -0.05) is 6.92 Å². The fourth-order valence-electron chi connectivity index (χ4n) is 2.49. The first-order valence-electron chi connectivity index (χ1n) is 8.37. The van der Waals surface area contributed by atoms with Gasteiger partial charge in [-0.25, -0.2) is 14.8 Å². The third kappa shape index (κ3) is 5.40. The molecule has 0 radical (unpaired) electrons. The van der Waals surface area contributed by atoms with Gasteiger partial charge in [-0.05, 0) is 33.6 Å². The summed E-state index contributed by atoms with van der Waals surface area (Å²) in [5, 5.41) is 2.93. The van der Waals surface area contributed by atoms with Gasteiger partial charge in [0.25, 0.3) is 0 Å². The van der Waals surface area contributed by atoms with Gasteiger partial charge in [-0.3, -0.25) is 0 Å². The molecule has 2 rings (SSSR count). The topological polar surface area (TPSA) is 84.8 Å². The summed E-state index contributed by atoms with van der Waals surface area (Å²) < 4.78 is 7.42. The highest BCUT2D eigenvalue weighted by Gasteiger charge is 2.21. The Hall–Kier alpha value is -2.31. The summed E-state index contributed by atoms with van der Waals surface area (Å²) in [6, 6.07) is -0.119. The van der Waals surface area contributed by atoms with Gasteiger partial charge < -0.3 is 19.6 Å². The number of rotatable bonds is 7. The predicted molar refractivity (Wildman–Crippen MR) is 91.5 cm³/mol. The smallest absolute Gasteiger partial charge is 0.408 e. The lowest BCUT2D eigenvalue weighted by molar-refractivity contribution is 0.0500. The molecule has 0 aromatic carbocycles. The SMILES string of the molecule is CC[C@@H](NC(=O)OC(C)(C)C)c1cncn1CCCc1ncc[nH]1. The molecule has 2 N–H and O–H groups in total. The number of carbonyl (C=O) groups excluding carboxylic acids is 1. The van der Waals surface area contributed by atoms with Crippen LogP contribution in [0, 0.1) is 0 Å². The fraction of sp³-hybridized carbons (Fsp3) is 0.588. The van der Waals surface area contributed by atoms with Crippen molar-refractivity contribution in [3.05, 3.63) is 36.4 Å². The number of H-pyrrole nitrogens is 1. The van der Waals surface area contributed by atoms with Gasteiger partial charge in [0, 0.05) is 25.4 Å². The van der Waals surface area contributed by atoms with E-state index in [1.54, 1.807) is 18.7 Å². The van der Waals surface area contributed by atoms with E-state index in [4.69, 9.17) is 4.74 Å².